The van der Waals surface area contributed by atoms with Crippen molar-refractivity contribution in [1.82, 2.24) is 15.0 Å². The summed E-state index contributed by atoms with van der Waals surface area (Å²) < 4.78 is 11.4. The molecule has 3 heterocycles. The molecule has 0 saturated carbocycles. The topological polar surface area (TPSA) is 65.0 Å². The molecule has 0 aliphatic rings. The summed E-state index contributed by atoms with van der Waals surface area (Å²) in [6.07, 6.45) is 6.36. The molecule has 0 radical (unpaired) electrons. The summed E-state index contributed by atoms with van der Waals surface area (Å²) in [6.45, 7) is 0. The van der Waals surface area contributed by atoms with Crippen molar-refractivity contribution in [3.05, 3.63) is 177 Å². The van der Waals surface area contributed by atoms with Crippen molar-refractivity contribution in [2.75, 3.05) is 0 Å². The summed E-state index contributed by atoms with van der Waals surface area (Å²) in [4.78, 5) is 13.4. The molecule has 5 heteroatoms. The lowest BCUT2D eigenvalue weighted by Gasteiger charge is -2.19. The Labute approximate surface area is 299 Å². The molecule has 0 N–H and O–H groups in total. The zero-order valence-corrected chi connectivity index (χ0v) is 27.9. The van der Waals surface area contributed by atoms with Crippen molar-refractivity contribution >= 4 is 32.3 Å². The third kappa shape index (κ3) is 5.07. The van der Waals surface area contributed by atoms with Crippen LogP contribution in [0.5, 0.6) is 0 Å². The molecule has 0 atom stereocenters. The van der Waals surface area contributed by atoms with Gasteiger partial charge in [-0.15, -0.1) is 0 Å². The Morgan fingerprint density at radius 3 is 1.79 bits per heavy atom. The lowest BCUT2D eigenvalue weighted by Crippen LogP contribution is -1.94. The zero-order valence-electron chi connectivity index (χ0n) is 27.9. The van der Waals surface area contributed by atoms with Crippen molar-refractivity contribution in [3.8, 4) is 67.4 Å². The molecular formula is C47H29N3O2. The van der Waals surface area contributed by atoms with Crippen LogP contribution in [0, 0.1) is 0 Å². The Kier molecular flexibility index (Phi) is 7.07. The van der Waals surface area contributed by atoms with Gasteiger partial charge >= 0.3 is 0 Å². The van der Waals surface area contributed by atoms with E-state index in [-0.39, 0.29) is 0 Å². The van der Waals surface area contributed by atoms with E-state index in [1.807, 2.05) is 12.1 Å². The minimum absolute atomic E-state index is 0.630. The van der Waals surface area contributed by atoms with Gasteiger partial charge in [0.15, 0.2) is 24.3 Å². The lowest BCUT2D eigenvalue weighted by atomic mass is 9.85. The van der Waals surface area contributed by atoms with E-state index in [2.05, 4.69) is 149 Å². The fourth-order valence-corrected chi connectivity index (χ4v) is 7.50. The molecule has 0 unspecified atom stereocenters. The molecule has 0 fully saturated rings. The summed E-state index contributed by atoms with van der Waals surface area (Å²) in [7, 11) is 0. The number of hydrogen-bond acceptors (Lipinski definition) is 5. The van der Waals surface area contributed by atoms with Gasteiger partial charge in [-0.3, -0.25) is 0 Å². The van der Waals surface area contributed by atoms with Crippen LogP contribution in [0.2, 0.25) is 0 Å². The van der Waals surface area contributed by atoms with Crippen LogP contribution < -0.4 is 0 Å². The minimum atomic E-state index is 0.630. The molecule has 0 spiro atoms. The van der Waals surface area contributed by atoms with Crippen LogP contribution in [-0.4, -0.2) is 15.0 Å². The highest BCUT2D eigenvalue weighted by atomic mass is 16.3. The van der Waals surface area contributed by atoms with Gasteiger partial charge < -0.3 is 8.83 Å². The Morgan fingerprint density at radius 2 is 0.981 bits per heavy atom. The number of aromatic nitrogens is 3. The molecule has 0 bridgehead atoms. The average Bonchev–Trinajstić information content (AvgIpc) is 3.96. The van der Waals surface area contributed by atoms with E-state index in [1.54, 1.807) is 12.4 Å². The summed E-state index contributed by atoms with van der Waals surface area (Å²) >= 11 is 0. The molecule has 10 aromatic rings. The zero-order chi connectivity index (χ0) is 34.4. The maximum Gasteiger partial charge on any atom is 0.181 e. The highest BCUT2D eigenvalue weighted by Gasteiger charge is 2.20. The van der Waals surface area contributed by atoms with Crippen molar-refractivity contribution in [2.24, 2.45) is 0 Å². The average molecular weight is 668 g/mol. The first-order chi connectivity index (χ1) is 25.8. The van der Waals surface area contributed by atoms with E-state index in [0.29, 0.717) is 5.76 Å². The van der Waals surface area contributed by atoms with Gasteiger partial charge in [-0.2, -0.15) is 0 Å². The fourth-order valence-electron chi connectivity index (χ4n) is 7.50. The minimum Gasteiger partial charge on any atom is -0.444 e. The second-order valence-corrected chi connectivity index (χ2v) is 12.9. The Bertz CT molecular complexity index is 2890. The Morgan fingerprint density at radius 1 is 0.365 bits per heavy atom. The normalized spacial score (nSPS) is 11.5. The summed E-state index contributed by atoms with van der Waals surface area (Å²) in [5, 5.41) is 6.98. The predicted octanol–water partition coefficient (Wildman–Crippen LogP) is 12.5. The number of nitrogens with zero attached hydrogens (tertiary/aromatic N) is 3. The number of benzene rings is 7. The number of rotatable bonds is 6. The quantitative estimate of drug-likeness (QED) is 0.165. The molecule has 7 aromatic carbocycles. The van der Waals surface area contributed by atoms with Crippen molar-refractivity contribution < 1.29 is 8.83 Å². The molecule has 5 nitrogen and oxygen atoms in total. The highest BCUT2D eigenvalue weighted by molar-refractivity contribution is 6.21. The Balaban J connectivity index is 1.20. The maximum absolute atomic E-state index is 5.71. The summed E-state index contributed by atoms with van der Waals surface area (Å²) in [5.74, 6) is 1.36. The van der Waals surface area contributed by atoms with E-state index in [1.165, 1.54) is 34.7 Å². The third-order valence-electron chi connectivity index (χ3n) is 9.90. The van der Waals surface area contributed by atoms with E-state index in [4.69, 9.17) is 13.8 Å². The molecule has 0 amide bonds. The molecule has 3 aromatic heterocycles. The lowest BCUT2D eigenvalue weighted by molar-refractivity contribution is 0.570. The first-order valence-corrected chi connectivity index (χ1v) is 17.2. The third-order valence-corrected chi connectivity index (χ3v) is 9.90. The maximum atomic E-state index is 5.71. The Hall–Kier alpha value is -7.11. The molecule has 10 rings (SSSR count). The second kappa shape index (κ2) is 12.3. The monoisotopic (exact) mass is 667 g/mol. The number of hydrogen-bond donors (Lipinski definition) is 0. The van der Waals surface area contributed by atoms with Gasteiger partial charge in [0.2, 0.25) is 0 Å². The first-order valence-electron chi connectivity index (χ1n) is 17.2. The van der Waals surface area contributed by atoms with Crippen LogP contribution in [0.3, 0.4) is 0 Å². The van der Waals surface area contributed by atoms with Gasteiger partial charge in [0, 0.05) is 11.1 Å². The fraction of sp³-hybridized carbons (Fsp3) is 0. The smallest absolute Gasteiger partial charge is 0.181 e. The van der Waals surface area contributed by atoms with Crippen LogP contribution >= 0.6 is 0 Å². The largest absolute Gasteiger partial charge is 0.444 e. The van der Waals surface area contributed by atoms with E-state index < -0.39 is 0 Å². The predicted molar refractivity (Wildman–Crippen MR) is 209 cm³/mol. The number of pyridine rings is 1. The first kappa shape index (κ1) is 29.8. The molecular weight excluding hydrogens is 639 g/mol. The van der Waals surface area contributed by atoms with Crippen LogP contribution in [0.4, 0.5) is 0 Å². The van der Waals surface area contributed by atoms with Crippen LogP contribution in [0.25, 0.3) is 99.7 Å². The number of fused-ring (bicyclic) bond motifs is 3. The van der Waals surface area contributed by atoms with E-state index >= 15 is 0 Å². The van der Waals surface area contributed by atoms with Gasteiger partial charge in [-0.05, 0) is 90.0 Å². The molecule has 0 saturated heterocycles. The standard InChI is InChI=1S/C47H29N3O2/c1-2-12-36-31(8-1)9-6-15-37(36)32-20-18-30(19-21-32)33-22-23-40-41(25-33)46(35-11-5-10-34(24-35)44-26-48-28-51-44)38-13-3-4-14-39(38)47(40)43-17-7-16-42(50-43)45-27-49-29-52-45/h1-29H. The van der Waals surface area contributed by atoms with Gasteiger partial charge in [-0.25, -0.2) is 15.0 Å². The van der Waals surface area contributed by atoms with Crippen molar-refractivity contribution in [1.29, 1.82) is 0 Å². The van der Waals surface area contributed by atoms with Crippen molar-refractivity contribution in [2.45, 2.75) is 0 Å². The van der Waals surface area contributed by atoms with E-state index in [0.717, 1.165) is 72.1 Å². The van der Waals surface area contributed by atoms with Gasteiger partial charge in [0.25, 0.3) is 0 Å². The number of oxazole rings is 2. The van der Waals surface area contributed by atoms with Crippen molar-refractivity contribution in [3.63, 3.8) is 0 Å². The summed E-state index contributed by atoms with van der Waals surface area (Å²) in [5.41, 5.74) is 10.6. The van der Waals surface area contributed by atoms with Gasteiger partial charge in [0.05, 0.1) is 18.1 Å². The van der Waals surface area contributed by atoms with E-state index in [9.17, 15) is 0 Å². The molecule has 244 valence electrons. The van der Waals surface area contributed by atoms with Gasteiger partial charge in [-0.1, -0.05) is 127 Å². The van der Waals surface area contributed by atoms with Crippen LogP contribution in [-0.2, 0) is 0 Å². The summed E-state index contributed by atoms with van der Waals surface area (Å²) in [6, 6.07) is 53.9. The SMILES string of the molecule is c1cc(-c2cnco2)cc(-c2c3ccccc3c(-c3cccc(-c4cnco4)n3)c3ccc(-c4ccc(-c5cccc6ccccc56)cc4)cc23)c1. The molecule has 0 aliphatic carbocycles. The highest BCUT2D eigenvalue weighted by Crippen LogP contribution is 2.45. The second-order valence-electron chi connectivity index (χ2n) is 12.9. The van der Waals surface area contributed by atoms with Crippen LogP contribution in [0.1, 0.15) is 0 Å². The van der Waals surface area contributed by atoms with Crippen LogP contribution in [0.15, 0.2) is 186 Å². The molecule has 0 aliphatic heterocycles. The van der Waals surface area contributed by atoms with Gasteiger partial charge in [0.1, 0.15) is 5.69 Å². The molecule has 52 heavy (non-hydrogen) atoms.